The maximum atomic E-state index is 7.09. The predicted molar refractivity (Wildman–Crippen MR) is 31.5 cm³/mol. The molecule has 0 saturated carbocycles. The fourth-order valence-electron chi connectivity index (χ4n) is 0. The van der Waals surface area contributed by atoms with E-state index >= 15 is 0 Å². The molecule has 0 rings (SSSR count). The highest BCUT2D eigenvalue weighted by atomic mass is 32.1. The summed E-state index contributed by atoms with van der Waals surface area (Å²) in [5.74, 6) is 0. The Morgan fingerprint density at radius 1 is 2.00 bits per heavy atom. The summed E-state index contributed by atoms with van der Waals surface area (Å²) < 4.78 is 60.9. The Hall–Kier alpha value is 0.350. The zero-order valence-electron chi connectivity index (χ0n) is 11.9. The third-order valence-corrected chi connectivity index (χ3v) is 0. The molecule has 0 nitrogen and oxygen atoms in total. The van der Waals surface area contributed by atoms with Gasteiger partial charge in [0.2, 0.25) is 0 Å². The van der Waals surface area contributed by atoms with Crippen LogP contribution < -0.4 is 0 Å². The number of hydrogen-bond donors (Lipinski definition) is 0. The quantitative estimate of drug-likeness (QED) is 0.430. The van der Waals surface area contributed by atoms with Gasteiger partial charge in [0.25, 0.3) is 0 Å². The molecule has 0 saturated heterocycles. The highest BCUT2D eigenvalue weighted by Gasteiger charge is 1.94. The molecule has 0 aliphatic heterocycles. The number of rotatable bonds is 0. The van der Waals surface area contributed by atoms with Crippen LogP contribution in [-0.4, -0.2) is 8.12 Å². The van der Waals surface area contributed by atoms with E-state index in [0.717, 1.165) is 6.92 Å². The lowest BCUT2D eigenvalue weighted by Crippen LogP contribution is -1.99. The molecule has 0 amide bonds. The minimum atomic E-state index is -3.95. The molecule has 0 unspecified atom stereocenters. The summed E-state index contributed by atoms with van der Waals surface area (Å²) in [7, 11) is 0. The molecule has 0 heterocycles. The van der Waals surface area contributed by atoms with Gasteiger partial charge in [-0.1, -0.05) is 20.6 Å². The Morgan fingerprint density at radius 2 is 2.60 bits per heavy atom. The van der Waals surface area contributed by atoms with Crippen LogP contribution in [0.15, 0.2) is 0 Å². The minimum absolute atomic E-state index is 0.787. The average molecular weight is 101 g/mol. The molecular weight excluding hydrogens is 80.1 g/mol. The van der Waals surface area contributed by atoms with Crippen LogP contribution in [0.25, 0.3) is 0 Å². The first-order valence-electron chi connectivity index (χ1n) is 5.43. The van der Waals surface area contributed by atoms with E-state index < -0.39 is 30.8 Å². The summed E-state index contributed by atoms with van der Waals surface area (Å²) in [6, 6.07) is 0. The second-order valence-electron chi connectivity index (χ2n) is 1.03. The fourth-order valence-corrected chi connectivity index (χ4v) is 0. The van der Waals surface area contributed by atoms with Crippen molar-refractivity contribution in [2.75, 3.05) is 0 Å². The molecule has 0 aromatic heterocycles. The maximum absolute atomic E-state index is 7.09. The zero-order chi connectivity index (χ0) is 12.0. The maximum Gasteiger partial charge on any atom is 0.0765 e. The third kappa shape index (κ3) is 196. The van der Waals surface area contributed by atoms with Crippen molar-refractivity contribution in [2.24, 2.45) is 0 Å². The van der Waals surface area contributed by atoms with E-state index in [1.165, 1.54) is 0 Å². The van der Waals surface area contributed by atoms with Crippen molar-refractivity contribution in [1.29, 1.82) is 3.37 Å². The molecule has 34 valence electrons. The van der Waals surface area contributed by atoms with Crippen molar-refractivity contribution in [3.63, 3.8) is 0 Å². The van der Waals surface area contributed by atoms with Gasteiger partial charge in [-0.2, -0.15) is 0 Å². The molecule has 0 aromatic carbocycles. The first-order valence-corrected chi connectivity index (χ1v) is 1.61. The van der Waals surface area contributed by atoms with Crippen molar-refractivity contribution in [2.45, 2.75) is 25.4 Å². The van der Waals surface area contributed by atoms with Crippen LogP contribution in [0, 0.1) is 0 Å². The summed E-state index contributed by atoms with van der Waals surface area (Å²) >= 11 is -3.95. The lowest BCUT2D eigenvalue weighted by atomic mass is 10.3. The van der Waals surface area contributed by atoms with Crippen LogP contribution in [0.2, 0.25) is 0 Å². The Balaban J connectivity index is 5.54. The molecule has 0 aliphatic rings. The third-order valence-electron chi connectivity index (χ3n) is 0. The minimum Gasteiger partial charge on any atom is -0.274 e. The van der Waals surface area contributed by atoms with Gasteiger partial charge in [0, 0.05) is 8.22 Å². The van der Waals surface area contributed by atoms with Crippen LogP contribution in [0.1, 0.15) is 28.9 Å². The van der Waals surface area contributed by atoms with Gasteiger partial charge in [0.05, 0.1) is 3.37 Å². The summed E-state index contributed by atoms with van der Waals surface area (Å²) in [4.78, 5) is 0. The first kappa shape index (κ1) is 0.568. The molecule has 0 spiro atoms. The molecule has 0 radical (unpaired) electrons. The average Bonchev–Trinajstić information content (AvgIpc) is 1.77. The van der Waals surface area contributed by atoms with Crippen molar-refractivity contribution >= 4 is 12.3 Å². The van der Waals surface area contributed by atoms with E-state index in [9.17, 15) is 0 Å². The Morgan fingerprint density at radius 3 is 2.60 bits per heavy atom. The van der Waals surface area contributed by atoms with Gasteiger partial charge in [-0.05, 0) is 4.75 Å². The van der Waals surface area contributed by atoms with Crippen LogP contribution in [0.3, 0.4) is 0 Å². The predicted octanol–water partition coefficient (Wildman–Crippen LogP) is 1.18. The number of hydrogen-bond acceptors (Lipinski definition) is 0. The standard InChI is InChI=1S/C4H12S/c1-4(2,3)5/h1-3,5H3/i1D3,2D3,5D3. The molecular formula is C4H12S. The van der Waals surface area contributed by atoms with Gasteiger partial charge in [-0.15, -0.1) is 0 Å². The highest BCUT2D eigenvalue weighted by Crippen LogP contribution is 2.07. The SMILES string of the molecule is [2H]C([2H])([2H])C(C)(C([2H])([2H])[2H])S([2H])([2H])[2H]. The van der Waals surface area contributed by atoms with Gasteiger partial charge in [0.1, 0.15) is 0 Å². The molecule has 0 aliphatic carbocycles. The second-order valence-corrected chi connectivity index (χ2v) is 1.85. The van der Waals surface area contributed by atoms with Gasteiger partial charge in [-0.3, -0.25) is 12.3 Å². The van der Waals surface area contributed by atoms with E-state index in [-0.39, 0.29) is 0 Å². The largest absolute Gasteiger partial charge is 0.274 e. The molecule has 5 heavy (non-hydrogen) atoms. The van der Waals surface area contributed by atoms with Crippen LogP contribution >= 0.6 is 12.3 Å². The molecule has 1 heteroatoms. The fraction of sp³-hybridized carbons (Fsp3) is 1.00. The van der Waals surface area contributed by atoms with Crippen molar-refractivity contribution in [3.8, 4) is 0 Å². The molecule has 0 atom stereocenters. The normalized spacial score (nSPS) is 49.4. The zero-order valence-corrected chi connectivity index (χ0v) is 3.72. The van der Waals surface area contributed by atoms with Crippen molar-refractivity contribution in [3.05, 3.63) is 0 Å². The smallest absolute Gasteiger partial charge is 0.0765 e. The van der Waals surface area contributed by atoms with E-state index in [2.05, 4.69) is 0 Å². The monoisotopic (exact) mass is 101 g/mol. The van der Waals surface area contributed by atoms with E-state index in [1.807, 2.05) is 0 Å². The summed E-state index contributed by atoms with van der Waals surface area (Å²) in [5, 5.41) is 0. The Labute approximate surface area is 50.7 Å². The van der Waals surface area contributed by atoms with Crippen molar-refractivity contribution < 1.29 is 8.22 Å². The van der Waals surface area contributed by atoms with Gasteiger partial charge in [-0.25, -0.2) is 0 Å². The van der Waals surface area contributed by atoms with E-state index in [0.29, 0.717) is 0 Å². The second kappa shape index (κ2) is 1.21. The van der Waals surface area contributed by atoms with E-state index in [4.69, 9.17) is 11.6 Å². The highest BCUT2D eigenvalue weighted by molar-refractivity contribution is 7.81. The van der Waals surface area contributed by atoms with Gasteiger partial charge < -0.3 is 0 Å². The topological polar surface area (TPSA) is 0 Å². The lowest BCUT2D eigenvalue weighted by Gasteiger charge is -2.06. The molecule has 0 bridgehead atoms. The van der Waals surface area contributed by atoms with Gasteiger partial charge in [0.15, 0.2) is 0 Å². The van der Waals surface area contributed by atoms with Crippen LogP contribution in [0.5, 0.6) is 0 Å². The summed E-state index contributed by atoms with van der Waals surface area (Å²) in [6.45, 7) is -5.24. The summed E-state index contributed by atoms with van der Waals surface area (Å²) in [6.07, 6.45) is 0. The van der Waals surface area contributed by atoms with Crippen molar-refractivity contribution in [1.82, 2.24) is 0 Å². The van der Waals surface area contributed by atoms with Crippen LogP contribution in [0.4, 0.5) is 0 Å². The summed E-state index contributed by atoms with van der Waals surface area (Å²) in [5.41, 5.74) is 0. The molecule has 0 fully saturated rings. The first-order chi connectivity index (χ1) is 5.75. The Bertz CT molecular complexity index is 170. The van der Waals surface area contributed by atoms with Gasteiger partial charge >= 0.3 is 0 Å². The Kier molecular flexibility index (Phi) is 0.138. The molecule has 0 N–H and O–H groups in total. The van der Waals surface area contributed by atoms with E-state index in [1.54, 1.807) is 0 Å². The molecule has 0 aromatic rings. The van der Waals surface area contributed by atoms with Crippen LogP contribution in [-0.2, 0) is 0 Å². The lowest BCUT2D eigenvalue weighted by molar-refractivity contribution is 0.812.